The van der Waals surface area contributed by atoms with Crippen LogP contribution < -0.4 is 9.47 Å². The number of ether oxygens (including phenoxy) is 3. The summed E-state index contributed by atoms with van der Waals surface area (Å²) in [6.07, 6.45) is 5.57. The van der Waals surface area contributed by atoms with Gasteiger partial charge in [0, 0.05) is 44.3 Å². The van der Waals surface area contributed by atoms with Crippen LogP contribution in [0.4, 0.5) is 0 Å². The molecule has 6 heteroatoms. The maximum absolute atomic E-state index is 13.4. The summed E-state index contributed by atoms with van der Waals surface area (Å²) < 4.78 is 16.7. The fraction of sp³-hybridized carbons (Fsp3) is 0.333. The van der Waals surface area contributed by atoms with Crippen molar-refractivity contribution in [3.8, 4) is 11.5 Å². The Balaban J connectivity index is 1.48. The number of hydrogen-bond donors (Lipinski definition) is 0. The number of carbonyl (C=O) groups is 1. The molecule has 33 heavy (non-hydrogen) atoms. The highest BCUT2D eigenvalue weighted by Crippen LogP contribution is 2.21. The largest absolute Gasteiger partial charge is 0.497 e. The van der Waals surface area contributed by atoms with E-state index >= 15 is 0 Å². The summed E-state index contributed by atoms with van der Waals surface area (Å²) in [6.45, 7) is 3.28. The van der Waals surface area contributed by atoms with E-state index in [1.165, 1.54) is 0 Å². The molecule has 1 aromatic heterocycles. The first-order chi connectivity index (χ1) is 16.2. The molecule has 1 amide bonds. The summed E-state index contributed by atoms with van der Waals surface area (Å²) in [4.78, 5) is 19.3. The van der Waals surface area contributed by atoms with Gasteiger partial charge in [-0.25, -0.2) is 0 Å². The number of nitrogens with zero attached hydrogens (tertiary/aromatic N) is 2. The molecule has 4 rings (SSSR count). The molecule has 1 saturated heterocycles. The van der Waals surface area contributed by atoms with Crippen LogP contribution in [0.2, 0.25) is 0 Å². The zero-order valence-electron chi connectivity index (χ0n) is 19.0. The molecule has 0 spiro atoms. The number of rotatable bonds is 9. The summed E-state index contributed by atoms with van der Waals surface area (Å²) in [5.41, 5.74) is 2.67. The summed E-state index contributed by atoms with van der Waals surface area (Å²) in [6, 6.07) is 19.1. The molecule has 0 unspecified atom stereocenters. The third-order valence-electron chi connectivity index (χ3n) is 5.85. The van der Waals surface area contributed by atoms with Gasteiger partial charge in [0.1, 0.15) is 11.5 Å². The summed E-state index contributed by atoms with van der Waals surface area (Å²) in [5.74, 6) is 2.05. The molecule has 0 radical (unpaired) electrons. The van der Waals surface area contributed by atoms with Gasteiger partial charge in [-0.1, -0.05) is 12.1 Å². The van der Waals surface area contributed by atoms with E-state index in [0.29, 0.717) is 31.2 Å². The number of methoxy groups -OCH3 is 1. The highest BCUT2D eigenvalue weighted by Gasteiger charge is 2.18. The Kier molecular flexibility index (Phi) is 7.93. The Morgan fingerprint density at radius 1 is 0.970 bits per heavy atom. The van der Waals surface area contributed by atoms with Crippen molar-refractivity contribution in [3.63, 3.8) is 0 Å². The molecule has 0 bridgehead atoms. The molecule has 1 aliphatic heterocycles. The average Bonchev–Trinajstić information content (AvgIpc) is 2.88. The van der Waals surface area contributed by atoms with Crippen LogP contribution in [-0.4, -0.2) is 42.7 Å². The Labute approximate surface area is 195 Å². The van der Waals surface area contributed by atoms with Gasteiger partial charge in [0.2, 0.25) is 0 Å². The van der Waals surface area contributed by atoms with Gasteiger partial charge >= 0.3 is 0 Å². The summed E-state index contributed by atoms with van der Waals surface area (Å²) >= 11 is 0. The molecular formula is C27H30N2O4. The van der Waals surface area contributed by atoms with Crippen molar-refractivity contribution < 1.29 is 19.0 Å². The Morgan fingerprint density at radius 3 is 2.42 bits per heavy atom. The van der Waals surface area contributed by atoms with Gasteiger partial charge in [-0.2, -0.15) is 0 Å². The van der Waals surface area contributed by atoms with E-state index < -0.39 is 0 Å². The molecule has 6 nitrogen and oxygen atoms in total. The molecule has 0 saturated carbocycles. The van der Waals surface area contributed by atoms with Crippen LogP contribution in [0.25, 0.3) is 0 Å². The molecule has 1 aliphatic rings. The number of aromatic nitrogens is 1. The lowest BCUT2D eigenvalue weighted by molar-refractivity contribution is 0.0497. The first kappa shape index (κ1) is 22.8. The Bertz CT molecular complexity index is 1020. The molecule has 2 heterocycles. The van der Waals surface area contributed by atoms with Crippen LogP contribution in [-0.2, 0) is 17.8 Å². The van der Waals surface area contributed by atoms with Crippen molar-refractivity contribution >= 4 is 5.91 Å². The highest BCUT2D eigenvalue weighted by molar-refractivity contribution is 5.94. The second kappa shape index (κ2) is 11.5. The van der Waals surface area contributed by atoms with Gasteiger partial charge in [-0.05, 0) is 78.4 Å². The third kappa shape index (κ3) is 6.56. The van der Waals surface area contributed by atoms with E-state index in [1.54, 1.807) is 31.6 Å². The highest BCUT2D eigenvalue weighted by atomic mass is 16.5. The lowest BCUT2D eigenvalue weighted by Gasteiger charge is -2.24. The van der Waals surface area contributed by atoms with Crippen molar-refractivity contribution in [1.82, 2.24) is 9.88 Å². The topological polar surface area (TPSA) is 60.9 Å². The maximum atomic E-state index is 13.4. The predicted molar refractivity (Wildman–Crippen MR) is 126 cm³/mol. The standard InChI is InChI=1S/C27H30N2O4/c1-31-25-7-5-24(6-8-25)27(30)29(18-21-9-13-28-14-10-21)19-23-3-2-4-26(17-23)33-20-22-11-15-32-16-12-22/h2-10,13-14,17,22H,11-12,15-16,18-20H2,1H3. The molecule has 0 aliphatic carbocycles. The number of pyridine rings is 1. The zero-order chi connectivity index (χ0) is 22.9. The van der Waals surface area contributed by atoms with Gasteiger partial charge in [-0.15, -0.1) is 0 Å². The molecular weight excluding hydrogens is 416 g/mol. The smallest absolute Gasteiger partial charge is 0.254 e. The van der Waals surface area contributed by atoms with Crippen molar-refractivity contribution in [2.45, 2.75) is 25.9 Å². The van der Waals surface area contributed by atoms with E-state index in [0.717, 1.165) is 48.7 Å². The van der Waals surface area contributed by atoms with Crippen LogP contribution >= 0.6 is 0 Å². The first-order valence-corrected chi connectivity index (χ1v) is 11.3. The van der Waals surface area contributed by atoms with E-state index in [9.17, 15) is 4.79 Å². The molecule has 172 valence electrons. The SMILES string of the molecule is COc1ccc(C(=O)N(Cc2ccncc2)Cc2cccc(OCC3CCOCC3)c2)cc1. The molecule has 1 fully saturated rings. The van der Waals surface area contributed by atoms with Crippen molar-refractivity contribution in [1.29, 1.82) is 0 Å². The van der Waals surface area contributed by atoms with Gasteiger partial charge in [0.15, 0.2) is 0 Å². The molecule has 3 aromatic rings. The van der Waals surface area contributed by atoms with Crippen LogP contribution in [0.3, 0.4) is 0 Å². The number of benzene rings is 2. The second-order valence-electron chi connectivity index (χ2n) is 8.26. The van der Waals surface area contributed by atoms with E-state index in [2.05, 4.69) is 4.98 Å². The van der Waals surface area contributed by atoms with Crippen LogP contribution in [0.5, 0.6) is 11.5 Å². The minimum atomic E-state index is -0.0389. The fourth-order valence-corrected chi connectivity index (χ4v) is 3.91. The lowest BCUT2D eigenvalue weighted by Crippen LogP contribution is -2.30. The monoisotopic (exact) mass is 446 g/mol. The molecule has 0 N–H and O–H groups in total. The van der Waals surface area contributed by atoms with Crippen molar-refractivity contribution in [3.05, 3.63) is 89.7 Å². The zero-order valence-corrected chi connectivity index (χ0v) is 19.0. The van der Waals surface area contributed by atoms with Crippen molar-refractivity contribution in [2.24, 2.45) is 5.92 Å². The van der Waals surface area contributed by atoms with Crippen LogP contribution in [0.15, 0.2) is 73.1 Å². The quantitative estimate of drug-likeness (QED) is 0.475. The van der Waals surface area contributed by atoms with Gasteiger partial charge < -0.3 is 19.1 Å². The molecule has 2 aromatic carbocycles. The number of carbonyl (C=O) groups excluding carboxylic acids is 1. The Morgan fingerprint density at radius 2 is 1.70 bits per heavy atom. The summed E-state index contributed by atoms with van der Waals surface area (Å²) in [5, 5.41) is 0. The van der Waals surface area contributed by atoms with Crippen LogP contribution in [0, 0.1) is 5.92 Å². The van der Waals surface area contributed by atoms with Gasteiger partial charge in [0.05, 0.1) is 13.7 Å². The van der Waals surface area contributed by atoms with Crippen LogP contribution in [0.1, 0.15) is 34.3 Å². The van der Waals surface area contributed by atoms with E-state index in [-0.39, 0.29) is 5.91 Å². The van der Waals surface area contributed by atoms with E-state index in [4.69, 9.17) is 14.2 Å². The fourth-order valence-electron chi connectivity index (χ4n) is 3.91. The second-order valence-corrected chi connectivity index (χ2v) is 8.26. The predicted octanol–water partition coefficient (Wildman–Crippen LogP) is 4.74. The van der Waals surface area contributed by atoms with Gasteiger partial charge in [0.25, 0.3) is 5.91 Å². The van der Waals surface area contributed by atoms with E-state index in [1.807, 2.05) is 53.4 Å². The average molecular weight is 447 g/mol. The Hall–Kier alpha value is -3.38. The minimum absolute atomic E-state index is 0.0389. The third-order valence-corrected chi connectivity index (χ3v) is 5.85. The maximum Gasteiger partial charge on any atom is 0.254 e. The normalized spacial score (nSPS) is 14.0. The first-order valence-electron chi connectivity index (χ1n) is 11.3. The minimum Gasteiger partial charge on any atom is -0.497 e. The summed E-state index contributed by atoms with van der Waals surface area (Å²) in [7, 11) is 1.61. The van der Waals surface area contributed by atoms with Crippen molar-refractivity contribution in [2.75, 3.05) is 26.9 Å². The number of hydrogen-bond acceptors (Lipinski definition) is 5. The molecule has 0 atom stereocenters. The van der Waals surface area contributed by atoms with Gasteiger partial charge in [-0.3, -0.25) is 9.78 Å². The number of amides is 1. The lowest BCUT2D eigenvalue weighted by atomic mass is 10.0.